The third-order valence-corrected chi connectivity index (χ3v) is 7.25. The molecule has 2 N–H and O–H groups in total. The summed E-state index contributed by atoms with van der Waals surface area (Å²) in [6.45, 7) is 3.08. The molecule has 2 atom stereocenters. The Hall–Kier alpha value is -3.08. The van der Waals surface area contributed by atoms with Crippen molar-refractivity contribution in [1.29, 1.82) is 0 Å². The van der Waals surface area contributed by atoms with Crippen LogP contribution in [0.2, 0.25) is 0 Å². The van der Waals surface area contributed by atoms with Crippen LogP contribution in [-0.2, 0) is 32.5 Å². The first kappa shape index (κ1) is 22.7. The topological polar surface area (TPSA) is 108 Å². The van der Waals surface area contributed by atoms with E-state index in [1.807, 2.05) is 31.2 Å². The van der Waals surface area contributed by atoms with Crippen molar-refractivity contribution in [2.75, 3.05) is 6.54 Å². The number of primary sulfonamides is 1. The zero-order valence-electron chi connectivity index (χ0n) is 18.6. The lowest BCUT2D eigenvalue weighted by molar-refractivity contribution is -0.176. The molecule has 0 radical (unpaired) electrons. The van der Waals surface area contributed by atoms with Crippen LogP contribution in [0.5, 0.6) is 0 Å². The fourth-order valence-corrected chi connectivity index (χ4v) is 5.28. The molecule has 10 heteroatoms. The molecule has 178 valence electrons. The summed E-state index contributed by atoms with van der Waals surface area (Å²) in [5, 5.41) is 9.81. The van der Waals surface area contributed by atoms with Crippen molar-refractivity contribution < 1.29 is 22.3 Å². The second kappa shape index (κ2) is 8.61. The van der Waals surface area contributed by atoms with Crippen molar-refractivity contribution in [1.82, 2.24) is 14.7 Å². The quantitative estimate of drug-likeness (QED) is 0.539. The molecule has 1 aromatic heterocycles. The Morgan fingerprint density at radius 1 is 1.18 bits per heavy atom. The molecule has 3 saturated heterocycles. The van der Waals surface area contributed by atoms with Gasteiger partial charge in [-0.15, -0.1) is 0 Å². The number of rotatable bonds is 6. The minimum absolute atomic E-state index is 0.102. The van der Waals surface area contributed by atoms with E-state index in [1.165, 1.54) is 16.8 Å². The van der Waals surface area contributed by atoms with Crippen molar-refractivity contribution in [3.8, 4) is 5.69 Å². The third kappa shape index (κ3) is 4.48. The van der Waals surface area contributed by atoms with Crippen LogP contribution in [0.25, 0.3) is 5.69 Å². The molecule has 0 aliphatic carbocycles. The molecule has 3 fully saturated rings. The van der Waals surface area contributed by atoms with Gasteiger partial charge in [-0.2, -0.15) is 5.10 Å². The summed E-state index contributed by atoms with van der Waals surface area (Å²) in [5.74, 6) is -0.946. The minimum atomic E-state index is -4.03. The molecule has 3 aliphatic heterocycles. The summed E-state index contributed by atoms with van der Waals surface area (Å²) in [4.78, 5) is 13.9. The first-order valence-electron chi connectivity index (χ1n) is 11.1. The number of nitrogens with two attached hydrogens (primary N) is 1. The molecule has 0 saturated carbocycles. The second-order valence-electron chi connectivity index (χ2n) is 8.94. The smallest absolute Gasteiger partial charge is 0.323 e. The Morgan fingerprint density at radius 3 is 2.68 bits per heavy atom. The molecule has 8 nitrogen and oxygen atoms in total. The molecule has 34 heavy (non-hydrogen) atoms. The van der Waals surface area contributed by atoms with Gasteiger partial charge in [0.05, 0.1) is 10.6 Å². The Labute approximate surface area is 197 Å². The summed E-state index contributed by atoms with van der Waals surface area (Å²) in [6.07, 6.45) is 2.01. The van der Waals surface area contributed by atoms with Crippen LogP contribution < -0.4 is 5.14 Å². The summed E-state index contributed by atoms with van der Waals surface area (Å²) < 4.78 is 45.2. The Morgan fingerprint density at radius 2 is 2.00 bits per heavy atom. The van der Waals surface area contributed by atoms with Crippen LogP contribution in [0.4, 0.5) is 4.39 Å². The van der Waals surface area contributed by atoms with Gasteiger partial charge in [0.15, 0.2) is 0 Å². The molecule has 0 amide bonds. The lowest BCUT2D eigenvalue weighted by atomic mass is 9.96. The fraction of sp³-hybridized carbons (Fsp3) is 0.333. The van der Waals surface area contributed by atoms with Crippen LogP contribution in [0.1, 0.15) is 35.4 Å². The number of aromatic nitrogens is 2. The Kier molecular flexibility index (Phi) is 5.75. The van der Waals surface area contributed by atoms with Gasteiger partial charge < -0.3 is 4.74 Å². The number of halogens is 1. The summed E-state index contributed by atoms with van der Waals surface area (Å²) in [6, 6.07) is 13.2. The standard InChI is InChI=1S/C24H25FN4O4S/c1-15-3-2-4-16(9-15)10-18-11-17(13-28-14-19-5-7-23(28)24(30)33-19)27-29(18)22-8-6-20(12-21(22)25)34(26,31)32/h2-4,6,8-9,11-12,19,23H,5,7,10,13-14H2,1H3,(H2,26,31,32). The van der Waals surface area contributed by atoms with Gasteiger partial charge in [-0.3, -0.25) is 9.69 Å². The van der Waals surface area contributed by atoms with Gasteiger partial charge in [0, 0.05) is 25.2 Å². The molecule has 0 spiro atoms. The number of hydrogen-bond acceptors (Lipinski definition) is 6. The number of hydrogen-bond donors (Lipinski definition) is 1. The number of esters is 1. The number of nitrogens with zero attached hydrogens (tertiary/aromatic N) is 3. The summed E-state index contributed by atoms with van der Waals surface area (Å²) >= 11 is 0. The first-order chi connectivity index (χ1) is 16.2. The van der Waals surface area contributed by atoms with Crippen LogP contribution in [0, 0.1) is 12.7 Å². The van der Waals surface area contributed by atoms with Crippen LogP contribution in [0.15, 0.2) is 53.4 Å². The number of sulfonamides is 1. The van der Waals surface area contributed by atoms with Gasteiger partial charge in [-0.25, -0.2) is 22.6 Å². The van der Waals surface area contributed by atoms with Gasteiger partial charge in [-0.05, 0) is 49.6 Å². The molecular weight excluding hydrogens is 459 g/mol. The predicted octanol–water partition coefficient (Wildman–Crippen LogP) is 2.45. The van der Waals surface area contributed by atoms with Crippen LogP contribution in [0.3, 0.4) is 0 Å². The van der Waals surface area contributed by atoms with Crippen molar-refractivity contribution in [2.45, 2.75) is 49.8 Å². The average molecular weight is 485 g/mol. The van der Waals surface area contributed by atoms with E-state index in [9.17, 15) is 13.2 Å². The zero-order valence-corrected chi connectivity index (χ0v) is 19.5. The lowest BCUT2D eigenvalue weighted by Gasteiger charge is -2.43. The van der Waals surface area contributed by atoms with Crippen LogP contribution in [-0.4, -0.2) is 47.8 Å². The van der Waals surface area contributed by atoms with E-state index in [0.717, 1.165) is 35.7 Å². The molecule has 2 aromatic carbocycles. The highest BCUT2D eigenvalue weighted by molar-refractivity contribution is 7.89. The molecule has 4 heterocycles. The number of ether oxygens (including phenoxy) is 1. The second-order valence-corrected chi connectivity index (χ2v) is 10.5. The van der Waals surface area contributed by atoms with Gasteiger partial charge in [0.25, 0.3) is 0 Å². The summed E-state index contributed by atoms with van der Waals surface area (Å²) in [5.41, 5.74) is 3.71. The predicted molar refractivity (Wildman–Crippen MR) is 122 cm³/mol. The SMILES string of the molecule is Cc1cccc(Cc2cc(CN3CC4CCC3C(=O)O4)nn2-c2ccc(S(N)(=O)=O)cc2F)c1. The third-order valence-electron chi connectivity index (χ3n) is 6.34. The number of aryl methyl sites for hydroxylation is 1. The summed E-state index contributed by atoms with van der Waals surface area (Å²) in [7, 11) is -4.03. The van der Waals surface area contributed by atoms with Crippen molar-refractivity contribution in [3.63, 3.8) is 0 Å². The monoisotopic (exact) mass is 484 g/mol. The molecular formula is C24H25FN4O4S. The number of benzene rings is 2. The molecule has 6 rings (SSSR count). The normalized spacial score (nSPS) is 20.5. The fourth-order valence-electron chi connectivity index (χ4n) is 4.75. The van der Waals surface area contributed by atoms with Crippen LogP contribution >= 0.6 is 0 Å². The van der Waals surface area contributed by atoms with Gasteiger partial charge in [0.1, 0.15) is 23.7 Å². The Bertz CT molecular complexity index is 1370. The molecule has 3 aromatic rings. The number of fused-ring (bicyclic) bond motifs is 3. The number of piperidine rings is 1. The first-order valence-corrected chi connectivity index (χ1v) is 12.6. The number of carbonyl (C=O) groups excluding carboxylic acids is 1. The Balaban J connectivity index is 1.52. The average Bonchev–Trinajstić information content (AvgIpc) is 3.15. The van der Waals surface area contributed by atoms with Gasteiger partial charge in [0.2, 0.25) is 10.0 Å². The zero-order chi connectivity index (χ0) is 24.0. The lowest BCUT2D eigenvalue weighted by Crippen LogP contribution is -2.56. The number of carbonyl (C=O) groups is 1. The molecule has 2 unspecified atom stereocenters. The number of morpholine rings is 1. The van der Waals surface area contributed by atoms with E-state index < -0.39 is 15.8 Å². The van der Waals surface area contributed by atoms with E-state index in [1.54, 1.807) is 0 Å². The van der Waals surface area contributed by atoms with E-state index in [-0.39, 0.29) is 28.7 Å². The van der Waals surface area contributed by atoms with E-state index in [2.05, 4.69) is 16.1 Å². The maximum absolute atomic E-state index is 15.0. The minimum Gasteiger partial charge on any atom is -0.460 e. The van der Waals surface area contributed by atoms with Crippen molar-refractivity contribution >= 4 is 16.0 Å². The van der Waals surface area contributed by atoms with Crippen molar-refractivity contribution in [2.24, 2.45) is 5.14 Å². The van der Waals surface area contributed by atoms with Crippen molar-refractivity contribution in [3.05, 3.63) is 76.9 Å². The van der Waals surface area contributed by atoms with E-state index in [4.69, 9.17) is 9.88 Å². The van der Waals surface area contributed by atoms with Gasteiger partial charge >= 0.3 is 5.97 Å². The van der Waals surface area contributed by atoms with E-state index in [0.29, 0.717) is 25.2 Å². The highest BCUT2D eigenvalue weighted by Gasteiger charge is 2.41. The van der Waals surface area contributed by atoms with Gasteiger partial charge in [-0.1, -0.05) is 29.8 Å². The highest BCUT2D eigenvalue weighted by Crippen LogP contribution is 2.29. The molecule has 3 aliphatic rings. The largest absolute Gasteiger partial charge is 0.460 e. The van der Waals surface area contributed by atoms with E-state index >= 15 is 4.39 Å². The highest BCUT2D eigenvalue weighted by atomic mass is 32.2. The maximum atomic E-state index is 15.0. The maximum Gasteiger partial charge on any atom is 0.323 e. The molecule has 2 bridgehead atoms.